The Morgan fingerprint density at radius 2 is 2.18 bits per heavy atom. The number of hydrogen-bond donors (Lipinski definition) is 2. The van der Waals surface area contributed by atoms with Crippen molar-refractivity contribution in [3.05, 3.63) is 0 Å². The van der Waals surface area contributed by atoms with Crippen LogP contribution in [0.1, 0.15) is 13.8 Å². The first-order chi connectivity index (χ1) is 4.95. The lowest BCUT2D eigenvalue weighted by Gasteiger charge is -2.10. The van der Waals surface area contributed by atoms with Gasteiger partial charge in [0, 0.05) is 12.6 Å². The lowest BCUT2D eigenvalue weighted by atomic mass is 10.4. The quantitative estimate of drug-likeness (QED) is 0.584. The Balaban J connectivity index is 3.61. The van der Waals surface area contributed by atoms with Crippen LogP contribution >= 0.6 is 0 Å². The summed E-state index contributed by atoms with van der Waals surface area (Å²) in [5.74, 6) is 0. The molecule has 0 amide bonds. The second kappa shape index (κ2) is 4.66. The molecule has 0 spiro atoms. The van der Waals surface area contributed by atoms with E-state index in [1.807, 2.05) is 6.92 Å². The van der Waals surface area contributed by atoms with E-state index < -0.39 is 10.2 Å². The van der Waals surface area contributed by atoms with Crippen molar-refractivity contribution in [3.8, 4) is 0 Å². The van der Waals surface area contributed by atoms with E-state index in [1.54, 1.807) is 6.92 Å². The van der Waals surface area contributed by atoms with Crippen LogP contribution in [0.3, 0.4) is 0 Å². The molecule has 0 aliphatic heterocycles. The summed E-state index contributed by atoms with van der Waals surface area (Å²) in [6.45, 7) is 4.42. The van der Waals surface area contributed by atoms with Gasteiger partial charge in [-0.3, -0.25) is 0 Å². The average Bonchev–Trinajstić information content (AvgIpc) is 1.79. The lowest BCUT2D eigenvalue weighted by Crippen LogP contribution is -2.40. The molecule has 0 heterocycles. The van der Waals surface area contributed by atoms with Crippen LogP contribution in [0.4, 0.5) is 0 Å². The largest absolute Gasteiger partial charge is 0.380 e. The Kier molecular flexibility index (Phi) is 4.58. The van der Waals surface area contributed by atoms with Gasteiger partial charge in [-0.05, 0) is 13.8 Å². The SMILES string of the molecule is CCOCC(C)NS(N)(=O)=O. The van der Waals surface area contributed by atoms with E-state index in [4.69, 9.17) is 9.88 Å². The fourth-order valence-corrected chi connectivity index (χ4v) is 1.24. The van der Waals surface area contributed by atoms with Crippen molar-refractivity contribution in [1.82, 2.24) is 4.72 Å². The van der Waals surface area contributed by atoms with Crippen LogP contribution in [-0.4, -0.2) is 27.7 Å². The number of nitrogens with two attached hydrogens (primary N) is 1. The van der Waals surface area contributed by atoms with E-state index in [2.05, 4.69) is 4.72 Å². The summed E-state index contributed by atoms with van der Waals surface area (Å²) in [4.78, 5) is 0. The molecule has 0 aromatic carbocycles. The van der Waals surface area contributed by atoms with Crippen LogP contribution in [0.15, 0.2) is 0 Å². The van der Waals surface area contributed by atoms with Crippen molar-refractivity contribution in [2.45, 2.75) is 19.9 Å². The highest BCUT2D eigenvalue weighted by Gasteiger charge is 2.07. The van der Waals surface area contributed by atoms with Crippen LogP contribution in [0, 0.1) is 0 Å². The highest BCUT2D eigenvalue weighted by Crippen LogP contribution is 1.84. The Morgan fingerprint density at radius 1 is 1.64 bits per heavy atom. The molecule has 1 atom stereocenters. The third-order valence-electron chi connectivity index (χ3n) is 0.937. The van der Waals surface area contributed by atoms with Crippen molar-refractivity contribution >= 4 is 10.2 Å². The molecule has 3 N–H and O–H groups in total. The highest BCUT2D eigenvalue weighted by atomic mass is 32.2. The molecule has 0 saturated heterocycles. The van der Waals surface area contributed by atoms with Crippen molar-refractivity contribution in [2.24, 2.45) is 5.14 Å². The highest BCUT2D eigenvalue weighted by molar-refractivity contribution is 7.87. The first-order valence-electron chi connectivity index (χ1n) is 3.33. The van der Waals surface area contributed by atoms with Crippen molar-refractivity contribution in [1.29, 1.82) is 0 Å². The summed E-state index contributed by atoms with van der Waals surface area (Å²) >= 11 is 0. The zero-order valence-corrected chi connectivity index (χ0v) is 7.52. The van der Waals surface area contributed by atoms with Gasteiger partial charge in [0.1, 0.15) is 0 Å². The molecule has 0 fully saturated rings. The van der Waals surface area contributed by atoms with Crippen LogP contribution in [0.25, 0.3) is 0 Å². The molecule has 0 rings (SSSR count). The average molecular weight is 182 g/mol. The second-order valence-corrected chi connectivity index (χ2v) is 3.55. The molecule has 0 aliphatic rings. The monoisotopic (exact) mass is 182 g/mol. The van der Waals surface area contributed by atoms with Gasteiger partial charge < -0.3 is 4.74 Å². The first kappa shape index (κ1) is 10.8. The maximum absolute atomic E-state index is 10.4. The molecular weight excluding hydrogens is 168 g/mol. The minimum absolute atomic E-state index is 0.273. The van der Waals surface area contributed by atoms with Gasteiger partial charge in [-0.25, -0.2) is 5.14 Å². The third kappa shape index (κ3) is 7.73. The molecule has 0 bridgehead atoms. The fraction of sp³-hybridized carbons (Fsp3) is 1.00. The maximum atomic E-state index is 10.4. The zero-order chi connectivity index (χ0) is 8.91. The molecule has 0 aromatic heterocycles. The summed E-state index contributed by atoms with van der Waals surface area (Å²) in [6.07, 6.45) is 0. The third-order valence-corrected chi connectivity index (χ3v) is 1.67. The topological polar surface area (TPSA) is 81.4 Å². The smallest absolute Gasteiger partial charge is 0.274 e. The maximum Gasteiger partial charge on any atom is 0.274 e. The van der Waals surface area contributed by atoms with Crippen LogP contribution < -0.4 is 9.86 Å². The van der Waals surface area contributed by atoms with E-state index in [9.17, 15) is 8.42 Å². The molecule has 5 nitrogen and oxygen atoms in total. The molecule has 6 heteroatoms. The predicted molar refractivity (Wildman–Crippen MR) is 42.2 cm³/mol. The molecule has 0 saturated carbocycles. The van der Waals surface area contributed by atoms with Crippen LogP contribution in [0.2, 0.25) is 0 Å². The van der Waals surface area contributed by atoms with Gasteiger partial charge in [0.15, 0.2) is 0 Å². The first-order valence-corrected chi connectivity index (χ1v) is 4.88. The summed E-state index contributed by atoms with van der Waals surface area (Å²) in [5, 5.41) is 4.71. The summed E-state index contributed by atoms with van der Waals surface area (Å²) in [7, 11) is -3.58. The van der Waals surface area contributed by atoms with Crippen LogP contribution in [0.5, 0.6) is 0 Å². The standard InChI is InChI=1S/C5H14N2O3S/c1-3-10-4-5(2)7-11(6,8)9/h5,7H,3-4H2,1-2H3,(H2,6,8,9). The summed E-state index contributed by atoms with van der Waals surface area (Å²) in [6, 6.07) is -0.273. The molecule has 0 aromatic rings. The normalized spacial score (nSPS) is 14.8. The number of hydrogen-bond acceptors (Lipinski definition) is 3. The van der Waals surface area contributed by atoms with Crippen LogP contribution in [-0.2, 0) is 14.9 Å². The van der Waals surface area contributed by atoms with Gasteiger partial charge >= 0.3 is 0 Å². The van der Waals surface area contributed by atoms with Crippen molar-refractivity contribution in [3.63, 3.8) is 0 Å². The zero-order valence-electron chi connectivity index (χ0n) is 6.70. The van der Waals surface area contributed by atoms with Gasteiger partial charge in [0.2, 0.25) is 0 Å². The Morgan fingerprint density at radius 3 is 2.55 bits per heavy atom. The number of nitrogens with one attached hydrogen (secondary N) is 1. The molecule has 1 unspecified atom stereocenters. The summed E-state index contributed by atoms with van der Waals surface area (Å²) < 4.78 is 28.0. The van der Waals surface area contributed by atoms with Gasteiger partial charge in [0.05, 0.1) is 6.61 Å². The summed E-state index contributed by atoms with van der Waals surface area (Å²) in [5.41, 5.74) is 0. The Labute approximate surface area is 67.1 Å². The van der Waals surface area contributed by atoms with E-state index in [1.165, 1.54) is 0 Å². The van der Waals surface area contributed by atoms with Crippen molar-refractivity contribution in [2.75, 3.05) is 13.2 Å². The minimum Gasteiger partial charge on any atom is -0.380 e. The Bertz CT molecular complexity index is 190. The second-order valence-electron chi connectivity index (χ2n) is 2.22. The molecular formula is C5H14N2O3S. The Hall–Kier alpha value is -0.170. The molecule has 68 valence electrons. The van der Waals surface area contributed by atoms with Gasteiger partial charge in [-0.15, -0.1) is 0 Å². The number of ether oxygens (including phenoxy) is 1. The fourth-order valence-electron chi connectivity index (χ4n) is 0.609. The minimum atomic E-state index is -3.58. The van der Waals surface area contributed by atoms with Gasteiger partial charge in [-0.1, -0.05) is 0 Å². The van der Waals surface area contributed by atoms with E-state index in [0.29, 0.717) is 13.2 Å². The van der Waals surface area contributed by atoms with Gasteiger partial charge in [-0.2, -0.15) is 13.1 Å². The molecule has 11 heavy (non-hydrogen) atoms. The number of rotatable bonds is 5. The van der Waals surface area contributed by atoms with Crippen molar-refractivity contribution < 1.29 is 13.2 Å². The van der Waals surface area contributed by atoms with E-state index in [0.717, 1.165) is 0 Å². The lowest BCUT2D eigenvalue weighted by molar-refractivity contribution is 0.133. The van der Waals surface area contributed by atoms with E-state index in [-0.39, 0.29) is 6.04 Å². The molecule has 0 radical (unpaired) electrons. The van der Waals surface area contributed by atoms with Gasteiger partial charge in [0.25, 0.3) is 10.2 Å². The molecule has 0 aliphatic carbocycles. The van der Waals surface area contributed by atoms with E-state index >= 15 is 0 Å². The predicted octanol–water partition coefficient (Wildman–Crippen LogP) is -0.795.